The number of allylic oxidation sites excluding steroid dienone is 1. The summed E-state index contributed by atoms with van der Waals surface area (Å²) in [6, 6.07) is 6.79. The van der Waals surface area contributed by atoms with Crippen LogP contribution in [0.5, 0.6) is 0 Å². The van der Waals surface area contributed by atoms with E-state index in [0.717, 1.165) is 12.8 Å². The van der Waals surface area contributed by atoms with Crippen LogP contribution in [-0.2, 0) is 10.0 Å². The number of hydrogen-bond donors (Lipinski definition) is 0. The molecule has 0 N–H and O–H groups in total. The minimum atomic E-state index is -3.36. The van der Waals surface area contributed by atoms with E-state index in [2.05, 4.69) is 0 Å². The average Bonchev–Trinajstić information content (AvgIpc) is 2.53. The Labute approximate surface area is 139 Å². The third kappa shape index (κ3) is 5.71. The molecular formula is C17H26N2O3S. The van der Waals surface area contributed by atoms with Crippen LogP contribution in [0.15, 0.2) is 36.5 Å². The molecule has 0 saturated carbocycles. The van der Waals surface area contributed by atoms with E-state index >= 15 is 0 Å². The molecule has 0 aliphatic heterocycles. The molecule has 0 fully saturated rings. The Bertz CT molecular complexity index is 652. The van der Waals surface area contributed by atoms with Crippen molar-refractivity contribution in [1.82, 2.24) is 4.90 Å². The summed E-state index contributed by atoms with van der Waals surface area (Å²) < 4.78 is 26.1. The second-order valence-electron chi connectivity index (χ2n) is 5.52. The van der Waals surface area contributed by atoms with Gasteiger partial charge < -0.3 is 4.90 Å². The van der Waals surface area contributed by atoms with Crippen molar-refractivity contribution < 1.29 is 13.2 Å². The summed E-state index contributed by atoms with van der Waals surface area (Å²) >= 11 is 0. The first kappa shape index (κ1) is 19.2. The highest BCUT2D eigenvalue weighted by Crippen LogP contribution is 2.21. The largest absolute Gasteiger partial charge is 0.383 e. The van der Waals surface area contributed by atoms with Crippen molar-refractivity contribution in [3.8, 4) is 0 Å². The molecule has 0 heterocycles. The van der Waals surface area contributed by atoms with E-state index in [-0.39, 0.29) is 11.5 Å². The van der Waals surface area contributed by atoms with Crippen LogP contribution in [0.25, 0.3) is 0 Å². The van der Waals surface area contributed by atoms with Gasteiger partial charge in [0.15, 0.2) is 5.78 Å². The van der Waals surface area contributed by atoms with Crippen molar-refractivity contribution >= 4 is 21.5 Å². The topological polar surface area (TPSA) is 57.7 Å². The first-order valence-corrected chi connectivity index (χ1v) is 9.42. The van der Waals surface area contributed by atoms with Crippen LogP contribution in [0.3, 0.4) is 0 Å². The molecule has 0 bridgehead atoms. The van der Waals surface area contributed by atoms with Crippen molar-refractivity contribution in [3.05, 3.63) is 42.1 Å². The molecule has 6 heteroatoms. The maximum Gasteiger partial charge on any atom is 0.234 e. The molecule has 0 radical (unpaired) electrons. The number of carbonyl (C=O) groups is 1. The van der Waals surface area contributed by atoms with Crippen LogP contribution >= 0.6 is 0 Å². The highest BCUT2D eigenvalue weighted by atomic mass is 32.2. The molecular weight excluding hydrogens is 312 g/mol. The summed E-state index contributed by atoms with van der Waals surface area (Å²) in [4.78, 5) is 14.0. The molecule has 0 atom stereocenters. The zero-order valence-electron chi connectivity index (χ0n) is 14.3. The Kier molecular flexibility index (Phi) is 7.29. The molecule has 0 amide bonds. The Morgan fingerprint density at radius 1 is 1.22 bits per heavy atom. The number of rotatable bonds is 9. The fourth-order valence-corrected chi connectivity index (χ4v) is 3.17. The molecule has 5 nitrogen and oxygen atoms in total. The lowest BCUT2D eigenvalue weighted by molar-refractivity contribution is 0.104. The number of benzene rings is 1. The highest BCUT2D eigenvalue weighted by molar-refractivity contribution is 7.92. The van der Waals surface area contributed by atoms with Crippen LogP contribution in [-0.4, -0.2) is 45.5 Å². The molecule has 128 valence electrons. The second-order valence-corrected chi connectivity index (χ2v) is 7.70. The smallest absolute Gasteiger partial charge is 0.234 e. The summed E-state index contributed by atoms with van der Waals surface area (Å²) in [6.07, 6.45) is 4.83. The Hall–Kier alpha value is -1.82. The lowest BCUT2D eigenvalue weighted by atomic mass is 10.1. The number of sulfonamides is 1. The minimum Gasteiger partial charge on any atom is -0.383 e. The fraction of sp³-hybridized carbons (Fsp3) is 0.471. The SMILES string of the molecule is CCCCN(c1cccc(C(=O)/C=C/N(C)C)c1)S(=O)(=O)CC. The predicted molar refractivity (Wildman–Crippen MR) is 95.3 cm³/mol. The number of hydrogen-bond acceptors (Lipinski definition) is 4. The molecule has 0 aliphatic carbocycles. The van der Waals surface area contributed by atoms with E-state index in [1.807, 2.05) is 21.0 Å². The number of carbonyl (C=O) groups excluding carboxylic acids is 1. The molecule has 0 aliphatic rings. The molecule has 1 rings (SSSR count). The second kappa shape index (κ2) is 8.72. The van der Waals surface area contributed by atoms with Crippen molar-refractivity contribution in [2.75, 3.05) is 30.7 Å². The van der Waals surface area contributed by atoms with E-state index in [4.69, 9.17) is 0 Å². The van der Waals surface area contributed by atoms with Gasteiger partial charge in [-0.15, -0.1) is 0 Å². The molecule has 0 unspecified atom stereocenters. The summed E-state index contributed by atoms with van der Waals surface area (Å²) in [5, 5.41) is 0. The van der Waals surface area contributed by atoms with Crippen LogP contribution < -0.4 is 4.31 Å². The van der Waals surface area contributed by atoms with Gasteiger partial charge in [0, 0.05) is 38.5 Å². The number of ketones is 1. The van der Waals surface area contributed by atoms with Gasteiger partial charge in [0.1, 0.15) is 0 Å². The van der Waals surface area contributed by atoms with Crippen molar-refractivity contribution in [3.63, 3.8) is 0 Å². The van der Waals surface area contributed by atoms with Crippen molar-refractivity contribution in [2.45, 2.75) is 26.7 Å². The standard InChI is InChI=1S/C17H26N2O3S/c1-5-7-12-19(23(21,22)6-2)16-10-8-9-15(14-16)17(20)11-13-18(3)4/h8-11,13-14H,5-7,12H2,1-4H3/b13-11+. The first-order chi connectivity index (χ1) is 10.8. The average molecular weight is 338 g/mol. The zero-order chi connectivity index (χ0) is 17.5. The molecule has 1 aromatic rings. The zero-order valence-corrected chi connectivity index (χ0v) is 15.1. The van der Waals surface area contributed by atoms with Gasteiger partial charge in [0.2, 0.25) is 10.0 Å². The van der Waals surface area contributed by atoms with Crippen molar-refractivity contribution in [2.24, 2.45) is 0 Å². The quantitative estimate of drug-likeness (QED) is 0.513. The van der Waals surface area contributed by atoms with E-state index in [1.54, 1.807) is 42.3 Å². The molecule has 1 aromatic carbocycles. The fourth-order valence-electron chi connectivity index (χ4n) is 2.01. The van der Waals surface area contributed by atoms with Gasteiger partial charge in [-0.05, 0) is 25.5 Å². The van der Waals surface area contributed by atoms with E-state index < -0.39 is 10.0 Å². The van der Waals surface area contributed by atoms with Crippen LogP contribution in [0.4, 0.5) is 5.69 Å². The maximum absolute atomic E-state index is 12.3. The van der Waals surface area contributed by atoms with Gasteiger partial charge in [0.05, 0.1) is 11.4 Å². The first-order valence-electron chi connectivity index (χ1n) is 7.81. The summed E-state index contributed by atoms with van der Waals surface area (Å²) in [7, 11) is 0.310. The van der Waals surface area contributed by atoms with Crippen LogP contribution in [0.2, 0.25) is 0 Å². The normalized spacial score (nSPS) is 11.7. The molecule has 23 heavy (non-hydrogen) atoms. The van der Waals surface area contributed by atoms with Gasteiger partial charge in [-0.1, -0.05) is 25.5 Å². The van der Waals surface area contributed by atoms with Crippen LogP contribution in [0, 0.1) is 0 Å². The maximum atomic E-state index is 12.3. The summed E-state index contributed by atoms with van der Waals surface area (Å²) in [5.41, 5.74) is 1.03. The minimum absolute atomic E-state index is 0.0371. The lowest BCUT2D eigenvalue weighted by Gasteiger charge is -2.24. The van der Waals surface area contributed by atoms with E-state index in [0.29, 0.717) is 17.8 Å². The number of unbranched alkanes of at least 4 members (excludes halogenated alkanes) is 1. The molecule has 0 spiro atoms. The number of nitrogens with zero attached hydrogens (tertiary/aromatic N) is 2. The Balaban J connectivity index is 3.14. The van der Waals surface area contributed by atoms with Gasteiger partial charge in [-0.25, -0.2) is 8.42 Å². The third-order valence-electron chi connectivity index (χ3n) is 3.36. The Morgan fingerprint density at radius 2 is 1.91 bits per heavy atom. The molecule has 0 saturated heterocycles. The van der Waals surface area contributed by atoms with Gasteiger partial charge in [0.25, 0.3) is 0 Å². The van der Waals surface area contributed by atoms with Crippen molar-refractivity contribution in [1.29, 1.82) is 0 Å². The Morgan fingerprint density at radius 3 is 2.48 bits per heavy atom. The van der Waals surface area contributed by atoms with Crippen LogP contribution in [0.1, 0.15) is 37.0 Å². The third-order valence-corrected chi connectivity index (χ3v) is 5.15. The highest BCUT2D eigenvalue weighted by Gasteiger charge is 2.20. The summed E-state index contributed by atoms with van der Waals surface area (Å²) in [5.74, 6) is -0.111. The van der Waals surface area contributed by atoms with E-state index in [9.17, 15) is 13.2 Å². The van der Waals surface area contributed by atoms with Gasteiger partial charge in [-0.3, -0.25) is 9.10 Å². The monoisotopic (exact) mass is 338 g/mol. The number of anilines is 1. The van der Waals surface area contributed by atoms with Gasteiger partial charge in [-0.2, -0.15) is 0 Å². The molecule has 0 aromatic heterocycles. The summed E-state index contributed by atoms with van der Waals surface area (Å²) in [6.45, 7) is 4.07. The van der Waals surface area contributed by atoms with Gasteiger partial charge >= 0.3 is 0 Å². The predicted octanol–water partition coefficient (Wildman–Crippen LogP) is 2.90. The van der Waals surface area contributed by atoms with E-state index in [1.165, 1.54) is 10.4 Å². The lowest BCUT2D eigenvalue weighted by Crippen LogP contribution is -2.33.